The summed E-state index contributed by atoms with van der Waals surface area (Å²) in [6.07, 6.45) is 6.73. The molecule has 0 bridgehead atoms. The standard InChI is InChI=1S/C11H20/c1-4-6-11-8-9(3)7-10(11)5-2/h10-11H,3-8H2,1-2H3. The number of hydrogen-bond acceptors (Lipinski definition) is 0. The van der Waals surface area contributed by atoms with Gasteiger partial charge in [0.2, 0.25) is 0 Å². The molecule has 11 heavy (non-hydrogen) atoms. The molecule has 1 rings (SSSR count). The van der Waals surface area contributed by atoms with Crippen molar-refractivity contribution in [2.75, 3.05) is 0 Å². The lowest BCUT2D eigenvalue weighted by atomic mass is 9.90. The Morgan fingerprint density at radius 2 is 1.91 bits per heavy atom. The van der Waals surface area contributed by atoms with E-state index in [2.05, 4.69) is 20.4 Å². The van der Waals surface area contributed by atoms with Crippen molar-refractivity contribution in [1.82, 2.24) is 0 Å². The van der Waals surface area contributed by atoms with Crippen LogP contribution < -0.4 is 0 Å². The van der Waals surface area contributed by atoms with E-state index in [1.54, 1.807) is 0 Å². The predicted molar refractivity (Wildman–Crippen MR) is 50.6 cm³/mol. The highest BCUT2D eigenvalue weighted by atomic mass is 14.3. The Balaban J connectivity index is 2.43. The molecule has 64 valence electrons. The van der Waals surface area contributed by atoms with Crippen LogP contribution in [0.2, 0.25) is 0 Å². The molecule has 1 aliphatic rings. The van der Waals surface area contributed by atoms with Gasteiger partial charge in [0.25, 0.3) is 0 Å². The second-order valence-corrected chi connectivity index (χ2v) is 3.88. The predicted octanol–water partition coefficient (Wildman–Crippen LogP) is 3.78. The third-order valence-electron chi connectivity index (χ3n) is 2.95. The largest absolute Gasteiger partial charge is 0.0998 e. The average Bonchev–Trinajstić information content (AvgIpc) is 2.32. The SMILES string of the molecule is C=C1CC(CC)C(CCC)C1. The molecule has 1 fully saturated rings. The van der Waals surface area contributed by atoms with Crippen molar-refractivity contribution >= 4 is 0 Å². The molecule has 1 aliphatic carbocycles. The minimum Gasteiger partial charge on any atom is -0.0998 e. The maximum atomic E-state index is 4.08. The van der Waals surface area contributed by atoms with Crippen LogP contribution in [0.15, 0.2) is 12.2 Å². The lowest BCUT2D eigenvalue weighted by Crippen LogP contribution is -2.05. The van der Waals surface area contributed by atoms with Crippen LogP contribution in [0.1, 0.15) is 46.0 Å². The first-order valence-electron chi connectivity index (χ1n) is 4.94. The summed E-state index contributed by atoms with van der Waals surface area (Å²) in [7, 11) is 0. The Morgan fingerprint density at radius 1 is 1.27 bits per heavy atom. The molecule has 0 spiro atoms. The highest BCUT2D eigenvalue weighted by Crippen LogP contribution is 2.39. The Hall–Kier alpha value is -0.260. The van der Waals surface area contributed by atoms with Crippen LogP contribution in [-0.4, -0.2) is 0 Å². The van der Waals surface area contributed by atoms with Gasteiger partial charge in [-0.05, 0) is 24.7 Å². The minimum atomic E-state index is 0.961. The Kier molecular flexibility index (Phi) is 3.16. The second kappa shape index (κ2) is 3.94. The quantitative estimate of drug-likeness (QED) is 0.540. The summed E-state index contributed by atoms with van der Waals surface area (Å²) >= 11 is 0. The van der Waals surface area contributed by atoms with Crippen molar-refractivity contribution in [3.8, 4) is 0 Å². The minimum absolute atomic E-state index is 0.961. The molecule has 2 atom stereocenters. The van der Waals surface area contributed by atoms with Gasteiger partial charge in [-0.1, -0.05) is 45.3 Å². The molecule has 0 radical (unpaired) electrons. The van der Waals surface area contributed by atoms with E-state index in [0.29, 0.717) is 0 Å². The van der Waals surface area contributed by atoms with Crippen molar-refractivity contribution < 1.29 is 0 Å². The molecule has 2 unspecified atom stereocenters. The smallest absolute Gasteiger partial charge is 0.0292 e. The van der Waals surface area contributed by atoms with E-state index in [-0.39, 0.29) is 0 Å². The van der Waals surface area contributed by atoms with Gasteiger partial charge in [-0.3, -0.25) is 0 Å². The molecule has 0 aromatic rings. The van der Waals surface area contributed by atoms with Crippen LogP contribution in [0.4, 0.5) is 0 Å². The molecule has 1 saturated carbocycles. The van der Waals surface area contributed by atoms with Crippen LogP contribution in [0, 0.1) is 11.8 Å². The fraction of sp³-hybridized carbons (Fsp3) is 0.818. The number of hydrogen-bond donors (Lipinski definition) is 0. The van der Waals surface area contributed by atoms with E-state index < -0.39 is 0 Å². The third-order valence-corrected chi connectivity index (χ3v) is 2.95. The molecule has 0 heterocycles. The fourth-order valence-corrected chi connectivity index (χ4v) is 2.34. The summed E-state index contributed by atoms with van der Waals surface area (Å²) < 4.78 is 0. The van der Waals surface area contributed by atoms with Crippen molar-refractivity contribution in [3.63, 3.8) is 0 Å². The summed E-state index contributed by atoms with van der Waals surface area (Å²) in [5, 5.41) is 0. The highest BCUT2D eigenvalue weighted by molar-refractivity contribution is 5.05. The molecular formula is C11H20. The fourth-order valence-electron chi connectivity index (χ4n) is 2.34. The lowest BCUT2D eigenvalue weighted by Gasteiger charge is -2.15. The van der Waals surface area contributed by atoms with Crippen LogP contribution >= 0.6 is 0 Å². The summed E-state index contributed by atoms with van der Waals surface area (Å²) in [6.45, 7) is 8.68. The second-order valence-electron chi connectivity index (χ2n) is 3.88. The number of allylic oxidation sites excluding steroid dienone is 1. The number of rotatable bonds is 3. The zero-order valence-corrected chi connectivity index (χ0v) is 7.90. The zero-order valence-electron chi connectivity index (χ0n) is 7.90. The average molecular weight is 152 g/mol. The van der Waals surface area contributed by atoms with Crippen molar-refractivity contribution in [3.05, 3.63) is 12.2 Å². The lowest BCUT2D eigenvalue weighted by molar-refractivity contribution is 0.352. The Morgan fingerprint density at radius 3 is 2.45 bits per heavy atom. The molecule has 0 aromatic carbocycles. The van der Waals surface area contributed by atoms with E-state index in [1.807, 2.05) is 0 Å². The normalized spacial score (nSPS) is 31.3. The Bertz CT molecular complexity index is 135. The summed E-state index contributed by atoms with van der Waals surface area (Å²) in [4.78, 5) is 0. The van der Waals surface area contributed by atoms with E-state index in [4.69, 9.17) is 0 Å². The maximum absolute atomic E-state index is 4.08. The zero-order chi connectivity index (χ0) is 8.27. The third kappa shape index (κ3) is 2.08. The topological polar surface area (TPSA) is 0 Å². The van der Waals surface area contributed by atoms with Crippen molar-refractivity contribution in [2.24, 2.45) is 11.8 Å². The highest BCUT2D eigenvalue weighted by Gasteiger charge is 2.26. The first-order chi connectivity index (χ1) is 5.27. The van der Waals surface area contributed by atoms with Gasteiger partial charge in [-0.2, -0.15) is 0 Å². The van der Waals surface area contributed by atoms with Crippen LogP contribution in [0.5, 0.6) is 0 Å². The molecular weight excluding hydrogens is 132 g/mol. The van der Waals surface area contributed by atoms with Gasteiger partial charge in [0.1, 0.15) is 0 Å². The van der Waals surface area contributed by atoms with Gasteiger partial charge in [-0.15, -0.1) is 0 Å². The van der Waals surface area contributed by atoms with Gasteiger partial charge >= 0.3 is 0 Å². The van der Waals surface area contributed by atoms with Crippen LogP contribution in [0.25, 0.3) is 0 Å². The molecule has 0 heteroatoms. The van der Waals surface area contributed by atoms with Gasteiger partial charge in [0, 0.05) is 0 Å². The summed E-state index contributed by atoms with van der Waals surface area (Å²) in [5.41, 5.74) is 1.50. The van der Waals surface area contributed by atoms with Gasteiger partial charge in [-0.25, -0.2) is 0 Å². The first kappa shape index (κ1) is 8.83. The molecule has 0 aromatic heterocycles. The summed E-state index contributed by atoms with van der Waals surface area (Å²) in [5.74, 6) is 1.93. The monoisotopic (exact) mass is 152 g/mol. The van der Waals surface area contributed by atoms with Gasteiger partial charge in [0.15, 0.2) is 0 Å². The van der Waals surface area contributed by atoms with E-state index in [0.717, 1.165) is 11.8 Å². The van der Waals surface area contributed by atoms with E-state index >= 15 is 0 Å². The first-order valence-corrected chi connectivity index (χ1v) is 4.94. The van der Waals surface area contributed by atoms with Crippen LogP contribution in [0.3, 0.4) is 0 Å². The van der Waals surface area contributed by atoms with Gasteiger partial charge in [0.05, 0.1) is 0 Å². The van der Waals surface area contributed by atoms with Crippen LogP contribution in [-0.2, 0) is 0 Å². The van der Waals surface area contributed by atoms with E-state index in [1.165, 1.54) is 37.7 Å². The van der Waals surface area contributed by atoms with E-state index in [9.17, 15) is 0 Å². The molecule has 0 aliphatic heterocycles. The molecule has 0 nitrogen and oxygen atoms in total. The Labute approximate surface area is 70.7 Å². The van der Waals surface area contributed by atoms with Crippen molar-refractivity contribution in [1.29, 1.82) is 0 Å². The maximum Gasteiger partial charge on any atom is -0.0292 e. The molecule has 0 amide bonds. The summed E-state index contributed by atoms with van der Waals surface area (Å²) in [6, 6.07) is 0. The van der Waals surface area contributed by atoms with Crippen molar-refractivity contribution in [2.45, 2.75) is 46.0 Å². The molecule has 0 saturated heterocycles. The van der Waals surface area contributed by atoms with Gasteiger partial charge < -0.3 is 0 Å². The molecule has 0 N–H and O–H groups in total.